The topological polar surface area (TPSA) is 73.7 Å². The van der Waals surface area contributed by atoms with Gasteiger partial charge < -0.3 is 5.11 Å². The Morgan fingerprint density at radius 3 is 2.38 bits per heavy atom. The number of aryl methyl sites for hydroxylation is 1. The second-order valence-electron chi connectivity index (χ2n) is 9.33. The van der Waals surface area contributed by atoms with Crippen LogP contribution in [0.15, 0.2) is 78.0 Å². The van der Waals surface area contributed by atoms with Gasteiger partial charge in [-0.1, -0.05) is 36.4 Å². The van der Waals surface area contributed by atoms with Gasteiger partial charge in [-0.05, 0) is 72.8 Å². The standard InChI is InChI=1S/C27H31N3O3S/c1-20-5-4-6-24(17-20)34(32,33)29-15-2-3-16-30-25(18-29)27(26(30)19-31)23-9-7-21(8-10-23)22-11-13-28-14-12-22/h4-14,17,25-27,31H,2-3,15-16,18-19H2,1H3/t25-,26-,27-/m0/s1. The quantitative estimate of drug-likeness (QED) is 0.607. The third kappa shape index (κ3) is 4.29. The summed E-state index contributed by atoms with van der Waals surface area (Å²) < 4.78 is 28.7. The van der Waals surface area contributed by atoms with Crippen LogP contribution < -0.4 is 0 Å². The van der Waals surface area contributed by atoms with Crippen LogP contribution in [0.3, 0.4) is 0 Å². The summed E-state index contributed by atoms with van der Waals surface area (Å²) in [6.45, 7) is 3.83. The Morgan fingerprint density at radius 2 is 1.68 bits per heavy atom. The molecule has 3 aromatic rings. The van der Waals surface area contributed by atoms with Crippen LogP contribution in [0.5, 0.6) is 0 Å². The molecule has 2 fully saturated rings. The van der Waals surface area contributed by atoms with Crippen LogP contribution in [0.2, 0.25) is 0 Å². The van der Waals surface area contributed by atoms with Gasteiger partial charge in [0.2, 0.25) is 10.0 Å². The van der Waals surface area contributed by atoms with Gasteiger partial charge >= 0.3 is 0 Å². The Labute approximate surface area is 201 Å². The Morgan fingerprint density at radius 1 is 0.971 bits per heavy atom. The zero-order valence-electron chi connectivity index (χ0n) is 19.4. The molecule has 178 valence electrons. The predicted octanol–water partition coefficient (Wildman–Crippen LogP) is 3.67. The van der Waals surface area contributed by atoms with Crippen LogP contribution in [0.1, 0.15) is 29.9 Å². The number of aliphatic hydroxyl groups is 1. The molecule has 0 saturated carbocycles. The summed E-state index contributed by atoms with van der Waals surface area (Å²) in [6.07, 6.45) is 5.30. The Kier molecular flexibility index (Phi) is 6.53. The number of benzene rings is 2. The zero-order chi connectivity index (χ0) is 23.7. The molecule has 0 unspecified atom stereocenters. The maximum absolute atomic E-state index is 13.5. The van der Waals surface area contributed by atoms with Crippen LogP contribution in [0.25, 0.3) is 11.1 Å². The van der Waals surface area contributed by atoms with Gasteiger partial charge in [0.15, 0.2) is 0 Å². The SMILES string of the molecule is Cc1cccc(S(=O)(=O)N2CCCCN3[C@@H](CO)[C@@H](c4ccc(-c5ccncc5)cc4)[C@@H]3C2)c1. The van der Waals surface area contributed by atoms with Crippen molar-refractivity contribution in [3.8, 4) is 11.1 Å². The molecule has 1 aromatic heterocycles. The molecular formula is C27H31N3O3S. The number of aliphatic hydroxyl groups excluding tert-OH is 1. The number of aromatic nitrogens is 1. The summed E-state index contributed by atoms with van der Waals surface area (Å²) in [5.41, 5.74) is 4.30. The molecule has 0 radical (unpaired) electrons. The summed E-state index contributed by atoms with van der Waals surface area (Å²) in [4.78, 5) is 6.75. The molecule has 0 bridgehead atoms. The minimum absolute atomic E-state index is 0.0124. The molecule has 6 nitrogen and oxygen atoms in total. The van der Waals surface area contributed by atoms with E-state index in [0.29, 0.717) is 18.0 Å². The van der Waals surface area contributed by atoms with Crippen molar-refractivity contribution in [3.05, 3.63) is 84.2 Å². The minimum Gasteiger partial charge on any atom is -0.395 e. The molecule has 0 spiro atoms. The highest BCUT2D eigenvalue weighted by atomic mass is 32.2. The van der Waals surface area contributed by atoms with Gasteiger partial charge in [-0.25, -0.2) is 8.42 Å². The third-order valence-electron chi connectivity index (χ3n) is 7.27. The number of pyridine rings is 1. The monoisotopic (exact) mass is 477 g/mol. The lowest BCUT2D eigenvalue weighted by molar-refractivity contribution is -0.0553. The lowest BCUT2D eigenvalue weighted by atomic mass is 9.74. The van der Waals surface area contributed by atoms with Gasteiger partial charge in [-0.2, -0.15) is 4.31 Å². The van der Waals surface area contributed by atoms with E-state index < -0.39 is 10.0 Å². The van der Waals surface area contributed by atoms with Crippen LogP contribution in [-0.2, 0) is 10.0 Å². The van der Waals surface area contributed by atoms with E-state index in [4.69, 9.17) is 0 Å². The smallest absolute Gasteiger partial charge is 0.243 e. The first kappa shape index (κ1) is 23.2. The van der Waals surface area contributed by atoms with Gasteiger partial charge in [0.25, 0.3) is 0 Å². The van der Waals surface area contributed by atoms with Gasteiger partial charge in [0.1, 0.15) is 0 Å². The van der Waals surface area contributed by atoms with E-state index in [1.165, 1.54) is 0 Å². The van der Waals surface area contributed by atoms with E-state index in [1.54, 1.807) is 34.9 Å². The summed E-state index contributed by atoms with van der Waals surface area (Å²) in [5.74, 6) is 0.0878. The zero-order valence-corrected chi connectivity index (χ0v) is 20.2. The third-order valence-corrected chi connectivity index (χ3v) is 9.13. The molecule has 0 aliphatic carbocycles. The lowest BCUT2D eigenvalue weighted by Crippen LogP contribution is -2.67. The van der Waals surface area contributed by atoms with Crippen molar-refractivity contribution in [1.82, 2.24) is 14.2 Å². The number of fused-ring (bicyclic) bond motifs is 1. The van der Waals surface area contributed by atoms with Crippen LogP contribution in [-0.4, -0.2) is 66.0 Å². The fraction of sp³-hybridized carbons (Fsp3) is 0.370. The summed E-state index contributed by atoms with van der Waals surface area (Å²) >= 11 is 0. The molecule has 5 rings (SSSR count). The number of nitrogens with zero attached hydrogens (tertiary/aromatic N) is 3. The largest absolute Gasteiger partial charge is 0.395 e. The molecule has 3 heterocycles. The highest BCUT2D eigenvalue weighted by molar-refractivity contribution is 7.89. The first-order valence-electron chi connectivity index (χ1n) is 11.9. The van der Waals surface area contributed by atoms with E-state index in [0.717, 1.165) is 41.6 Å². The lowest BCUT2D eigenvalue weighted by Gasteiger charge is -2.57. The Hall–Kier alpha value is -2.58. The molecule has 2 saturated heterocycles. The van der Waals surface area contributed by atoms with Gasteiger partial charge in [0.05, 0.1) is 11.5 Å². The van der Waals surface area contributed by atoms with Crippen molar-refractivity contribution < 1.29 is 13.5 Å². The summed E-state index contributed by atoms with van der Waals surface area (Å²) in [5, 5.41) is 10.2. The maximum atomic E-state index is 13.5. The van der Waals surface area contributed by atoms with Crippen molar-refractivity contribution in [1.29, 1.82) is 0 Å². The molecular weight excluding hydrogens is 446 g/mol. The second-order valence-corrected chi connectivity index (χ2v) is 11.3. The van der Waals surface area contributed by atoms with Crippen molar-refractivity contribution in [2.45, 2.75) is 42.7 Å². The van der Waals surface area contributed by atoms with E-state index in [1.807, 2.05) is 25.1 Å². The molecule has 2 aromatic carbocycles. The van der Waals surface area contributed by atoms with Crippen molar-refractivity contribution in [2.75, 3.05) is 26.2 Å². The van der Waals surface area contributed by atoms with Gasteiger partial charge in [-0.3, -0.25) is 9.88 Å². The van der Waals surface area contributed by atoms with Crippen molar-refractivity contribution in [2.24, 2.45) is 0 Å². The van der Waals surface area contributed by atoms with Gasteiger partial charge in [0, 0.05) is 43.5 Å². The molecule has 0 amide bonds. The number of rotatable bonds is 5. The highest BCUT2D eigenvalue weighted by Crippen LogP contribution is 2.43. The number of hydrogen-bond acceptors (Lipinski definition) is 5. The first-order valence-corrected chi connectivity index (χ1v) is 13.4. The summed E-state index contributed by atoms with van der Waals surface area (Å²) in [7, 11) is -3.58. The fourth-order valence-corrected chi connectivity index (χ4v) is 7.10. The Bertz CT molecular complexity index is 1230. The normalized spacial score (nSPS) is 24.0. The number of hydrogen-bond donors (Lipinski definition) is 1. The van der Waals surface area contributed by atoms with Crippen molar-refractivity contribution in [3.63, 3.8) is 0 Å². The fourth-order valence-electron chi connectivity index (χ4n) is 5.49. The molecule has 7 heteroatoms. The Balaban J connectivity index is 1.43. The molecule has 34 heavy (non-hydrogen) atoms. The van der Waals surface area contributed by atoms with E-state index in [2.05, 4.69) is 34.1 Å². The average molecular weight is 478 g/mol. The van der Waals surface area contributed by atoms with Gasteiger partial charge in [-0.15, -0.1) is 0 Å². The molecule has 3 atom stereocenters. The average Bonchev–Trinajstić information content (AvgIpc) is 2.84. The molecule has 1 N–H and O–H groups in total. The first-order chi connectivity index (χ1) is 16.5. The molecule has 2 aliphatic rings. The van der Waals surface area contributed by atoms with E-state index >= 15 is 0 Å². The van der Waals surface area contributed by atoms with Crippen LogP contribution in [0.4, 0.5) is 0 Å². The maximum Gasteiger partial charge on any atom is 0.243 e. The minimum atomic E-state index is -3.58. The van der Waals surface area contributed by atoms with E-state index in [-0.39, 0.29) is 24.6 Å². The van der Waals surface area contributed by atoms with Crippen molar-refractivity contribution >= 4 is 10.0 Å². The summed E-state index contributed by atoms with van der Waals surface area (Å²) in [6, 6.07) is 19.6. The predicted molar refractivity (Wildman–Crippen MR) is 133 cm³/mol. The van der Waals surface area contributed by atoms with Crippen LogP contribution >= 0.6 is 0 Å². The molecule has 2 aliphatic heterocycles. The highest BCUT2D eigenvalue weighted by Gasteiger charge is 2.50. The van der Waals surface area contributed by atoms with Crippen LogP contribution in [0, 0.1) is 6.92 Å². The number of sulfonamides is 1. The second kappa shape index (κ2) is 9.58. The van der Waals surface area contributed by atoms with E-state index in [9.17, 15) is 13.5 Å².